The second-order valence-electron chi connectivity index (χ2n) is 5.42. The summed E-state index contributed by atoms with van der Waals surface area (Å²) in [5.41, 5.74) is 5.90. The Hall–Kier alpha value is -1.49. The van der Waals surface area contributed by atoms with Gasteiger partial charge < -0.3 is 15.5 Å². The van der Waals surface area contributed by atoms with Crippen molar-refractivity contribution in [2.45, 2.75) is 37.8 Å². The Labute approximate surface area is 113 Å². The Kier molecular flexibility index (Phi) is 3.73. The molecule has 1 aromatic heterocycles. The summed E-state index contributed by atoms with van der Waals surface area (Å²) in [5, 5.41) is 3.22. The molecule has 19 heavy (non-hydrogen) atoms. The van der Waals surface area contributed by atoms with E-state index in [1.54, 1.807) is 6.26 Å². The van der Waals surface area contributed by atoms with Crippen LogP contribution in [0.2, 0.25) is 0 Å². The lowest BCUT2D eigenvalue weighted by Gasteiger charge is -2.24. The number of hydrogen-bond acceptors (Lipinski definition) is 3. The van der Waals surface area contributed by atoms with Crippen LogP contribution in [0.3, 0.4) is 0 Å². The summed E-state index contributed by atoms with van der Waals surface area (Å²) in [6.07, 6.45) is 6.68. The van der Waals surface area contributed by atoms with E-state index in [1.165, 1.54) is 25.7 Å². The quantitative estimate of drug-likeness (QED) is 0.623. The van der Waals surface area contributed by atoms with E-state index in [4.69, 9.17) is 10.2 Å². The fraction of sp³-hybridized carbons (Fsp3) is 0.643. The molecule has 5 nitrogen and oxygen atoms in total. The predicted molar refractivity (Wildman–Crippen MR) is 74.9 cm³/mol. The van der Waals surface area contributed by atoms with Crippen molar-refractivity contribution in [3.8, 4) is 0 Å². The molecule has 2 fully saturated rings. The second kappa shape index (κ2) is 5.65. The number of nitrogens with two attached hydrogens (primary N) is 1. The molecule has 5 heteroatoms. The highest BCUT2D eigenvalue weighted by atomic mass is 16.3. The van der Waals surface area contributed by atoms with Crippen LogP contribution in [-0.4, -0.2) is 36.5 Å². The van der Waals surface area contributed by atoms with Crippen LogP contribution < -0.4 is 11.1 Å². The summed E-state index contributed by atoms with van der Waals surface area (Å²) in [4.78, 5) is 6.92. The summed E-state index contributed by atoms with van der Waals surface area (Å²) in [7, 11) is 0. The zero-order valence-electron chi connectivity index (χ0n) is 11.2. The first kappa shape index (κ1) is 12.5. The third kappa shape index (κ3) is 3.29. The molecular formula is C14H22N4O. The molecule has 1 aromatic rings. The molecule has 3 rings (SSSR count). The summed E-state index contributed by atoms with van der Waals surface area (Å²) >= 11 is 0. The Morgan fingerprint density at radius 3 is 2.89 bits per heavy atom. The number of aliphatic imine (C=N–C) groups is 1. The number of furan rings is 1. The minimum Gasteiger partial charge on any atom is -0.468 e. The molecule has 0 radical (unpaired) electrons. The normalized spacial score (nSPS) is 22.6. The van der Waals surface area contributed by atoms with E-state index < -0.39 is 0 Å². The summed E-state index contributed by atoms with van der Waals surface area (Å²) in [5.74, 6) is 1.56. The first-order valence-electron chi connectivity index (χ1n) is 7.17. The summed E-state index contributed by atoms with van der Waals surface area (Å²) in [6, 6.07) is 4.74. The van der Waals surface area contributed by atoms with E-state index >= 15 is 0 Å². The second-order valence-corrected chi connectivity index (χ2v) is 5.42. The van der Waals surface area contributed by atoms with E-state index in [0.29, 0.717) is 18.5 Å². The monoisotopic (exact) mass is 262 g/mol. The van der Waals surface area contributed by atoms with Crippen LogP contribution in [0.1, 0.15) is 37.5 Å². The van der Waals surface area contributed by atoms with E-state index in [2.05, 4.69) is 15.2 Å². The Morgan fingerprint density at radius 2 is 2.26 bits per heavy atom. The molecule has 0 bridgehead atoms. The molecule has 0 aromatic carbocycles. The Balaban J connectivity index is 1.64. The molecule has 0 amide bonds. The molecule has 104 valence electrons. The first-order valence-corrected chi connectivity index (χ1v) is 7.17. The topological polar surface area (TPSA) is 66.8 Å². The molecule has 1 atom stereocenters. The third-order valence-corrected chi connectivity index (χ3v) is 3.82. The fourth-order valence-corrected chi connectivity index (χ4v) is 2.59. The first-order chi connectivity index (χ1) is 9.33. The van der Waals surface area contributed by atoms with Crippen molar-refractivity contribution in [1.29, 1.82) is 0 Å². The number of nitrogens with one attached hydrogen (secondary N) is 1. The van der Waals surface area contributed by atoms with Crippen molar-refractivity contribution in [2.24, 2.45) is 10.7 Å². The SMILES string of the molecule is NC(=NCC(c1ccco1)N1CCCC1)NC1CC1. The van der Waals surface area contributed by atoms with E-state index in [9.17, 15) is 0 Å². The largest absolute Gasteiger partial charge is 0.468 e. The van der Waals surface area contributed by atoms with Gasteiger partial charge in [-0.15, -0.1) is 0 Å². The summed E-state index contributed by atoms with van der Waals surface area (Å²) in [6.45, 7) is 2.91. The maximum atomic E-state index is 5.90. The Morgan fingerprint density at radius 1 is 1.47 bits per heavy atom. The average Bonchev–Trinajstić information content (AvgIpc) is 2.89. The number of rotatable bonds is 5. The van der Waals surface area contributed by atoms with Gasteiger partial charge in [0.25, 0.3) is 0 Å². The Bertz CT molecular complexity index is 419. The average molecular weight is 262 g/mol. The molecule has 3 N–H and O–H groups in total. The van der Waals surface area contributed by atoms with Crippen LogP contribution in [0.5, 0.6) is 0 Å². The van der Waals surface area contributed by atoms with Crippen LogP contribution in [0, 0.1) is 0 Å². The van der Waals surface area contributed by atoms with Crippen molar-refractivity contribution in [3.63, 3.8) is 0 Å². The van der Waals surface area contributed by atoms with E-state index in [1.807, 2.05) is 12.1 Å². The molecule has 1 aliphatic heterocycles. The highest BCUT2D eigenvalue weighted by Crippen LogP contribution is 2.25. The fourth-order valence-electron chi connectivity index (χ4n) is 2.59. The molecule has 0 spiro atoms. The van der Waals surface area contributed by atoms with Gasteiger partial charge in [-0.25, -0.2) is 0 Å². The molecule has 1 aliphatic carbocycles. The van der Waals surface area contributed by atoms with Gasteiger partial charge in [0.1, 0.15) is 5.76 Å². The van der Waals surface area contributed by atoms with Crippen LogP contribution in [-0.2, 0) is 0 Å². The lowest BCUT2D eigenvalue weighted by Crippen LogP contribution is -2.35. The van der Waals surface area contributed by atoms with Crippen LogP contribution >= 0.6 is 0 Å². The number of hydrogen-bond donors (Lipinski definition) is 2. The molecule has 1 saturated heterocycles. The molecule has 1 saturated carbocycles. The zero-order chi connectivity index (χ0) is 13.1. The maximum Gasteiger partial charge on any atom is 0.188 e. The standard InChI is InChI=1S/C14H22N4O/c15-14(17-11-5-6-11)16-10-12(13-4-3-9-19-13)18-7-1-2-8-18/h3-4,9,11-12H,1-2,5-8,10H2,(H3,15,16,17). The summed E-state index contributed by atoms with van der Waals surface area (Å²) < 4.78 is 5.56. The maximum absolute atomic E-state index is 5.90. The number of likely N-dealkylation sites (tertiary alicyclic amines) is 1. The van der Waals surface area contributed by atoms with Crippen molar-refractivity contribution in [1.82, 2.24) is 10.2 Å². The van der Waals surface area contributed by atoms with Crippen LogP contribution in [0.4, 0.5) is 0 Å². The lowest BCUT2D eigenvalue weighted by molar-refractivity contribution is 0.221. The van der Waals surface area contributed by atoms with Crippen molar-refractivity contribution >= 4 is 5.96 Å². The van der Waals surface area contributed by atoms with Crippen LogP contribution in [0.25, 0.3) is 0 Å². The third-order valence-electron chi connectivity index (χ3n) is 3.82. The van der Waals surface area contributed by atoms with Gasteiger partial charge in [0.15, 0.2) is 5.96 Å². The smallest absolute Gasteiger partial charge is 0.188 e. The minimum atomic E-state index is 0.219. The van der Waals surface area contributed by atoms with E-state index in [0.717, 1.165) is 18.8 Å². The molecule has 2 aliphatic rings. The van der Waals surface area contributed by atoms with Crippen molar-refractivity contribution < 1.29 is 4.42 Å². The minimum absolute atomic E-state index is 0.219. The number of guanidine groups is 1. The predicted octanol–water partition coefficient (Wildman–Crippen LogP) is 1.48. The van der Waals surface area contributed by atoms with Gasteiger partial charge in [-0.3, -0.25) is 9.89 Å². The van der Waals surface area contributed by atoms with Gasteiger partial charge in [0.05, 0.1) is 18.8 Å². The molecule has 1 unspecified atom stereocenters. The van der Waals surface area contributed by atoms with Crippen molar-refractivity contribution in [3.05, 3.63) is 24.2 Å². The highest BCUT2D eigenvalue weighted by Gasteiger charge is 2.26. The lowest BCUT2D eigenvalue weighted by atomic mass is 10.2. The van der Waals surface area contributed by atoms with E-state index in [-0.39, 0.29) is 6.04 Å². The number of nitrogens with zero attached hydrogens (tertiary/aromatic N) is 2. The van der Waals surface area contributed by atoms with Gasteiger partial charge in [-0.1, -0.05) is 0 Å². The molecular weight excluding hydrogens is 240 g/mol. The molecule has 2 heterocycles. The van der Waals surface area contributed by atoms with Gasteiger partial charge in [0, 0.05) is 6.04 Å². The van der Waals surface area contributed by atoms with Crippen LogP contribution in [0.15, 0.2) is 27.8 Å². The highest BCUT2D eigenvalue weighted by molar-refractivity contribution is 5.78. The van der Waals surface area contributed by atoms with Gasteiger partial charge in [-0.05, 0) is 50.9 Å². The van der Waals surface area contributed by atoms with Gasteiger partial charge in [0.2, 0.25) is 0 Å². The van der Waals surface area contributed by atoms with Gasteiger partial charge in [-0.2, -0.15) is 0 Å². The van der Waals surface area contributed by atoms with Crippen molar-refractivity contribution in [2.75, 3.05) is 19.6 Å². The van der Waals surface area contributed by atoms with Gasteiger partial charge >= 0.3 is 0 Å². The zero-order valence-corrected chi connectivity index (χ0v) is 11.2.